The molecule has 2 unspecified atom stereocenters. The molecule has 0 aromatic heterocycles. The number of rotatable bonds is 3. The third kappa shape index (κ3) is 2.95. The predicted molar refractivity (Wildman–Crippen MR) is 55.8 cm³/mol. The molecule has 2 nitrogen and oxygen atoms in total. The van der Waals surface area contributed by atoms with Crippen LogP contribution in [-0.4, -0.2) is 22.2 Å². The Kier molecular flexibility index (Phi) is 4.19. The molecule has 0 aliphatic carbocycles. The first kappa shape index (κ1) is 11.0. The summed E-state index contributed by atoms with van der Waals surface area (Å²) in [5.74, 6) is 0.0250. The number of halogens is 2. The Morgan fingerprint density at radius 2 is 1.77 bits per heavy atom. The first-order chi connectivity index (χ1) is 6.15. The van der Waals surface area contributed by atoms with E-state index >= 15 is 0 Å². The van der Waals surface area contributed by atoms with Gasteiger partial charge in [-0.05, 0) is 17.7 Å². The van der Waals surface area contributed by atoms with Crippen LogP contribution in [0.4, 0.5) is 0 Å². The third-order valence-electron chi connectivity index (χ3n) is 1.73. The second-order valence-corrected chi connectivity index (χ2v) is 3.94. The molecular formula is C9H10BrClO2. The Labute approximate surface area is 90.3 Å². The largest absolute Gasteiger partial charge is 0.389 e. The monoisotopic (exact) mass is 264 g/mol. The van der Waals surface area contributed by atoms with Gasteiger partial charge in [-0.3, -0.25) is 0 Å². The second kappa shape index (κ2) is 4.96. The van der Waals surface area contributed by atoms with Gasteiger partial charge in [-0.2, -0.15) is 0 Å². The van der Waals surface area contributed by atoms with Crippen molar-refractivity contribution < 1.29 is 10.2 Å². The van der Waals surface area contributed by atoms with Crippen LogP contribution in [0.3, 0.4) is 0 Å². The summed E-state index contributed by atoms with van der Waals surface area (Å²) in [5, 5.41) is 18.8. The van der Waals surface area contributed by atoms with Gasteiger partial charge in [0.05, 0.1) is 12.0 Å². The Morgan fingerprint density at radius 1 is 1.23 bits per heavy atom. The molecule has 13 heavy (non-hydrogen) atoms. The maximum Gasteiger partial charge on any atom is 0.106 e. The van der Waals surface area contributed by atoms with Gasteiger partial charge < -0.3 is 10.2 Å². The fourth-order valence-electron chi connectivity index (χ4n) is 0.966. The quantitative estimate of drug-likeness (QED) is 0.822. The van der Waals surface area contributed by atoms with Crippen LogP contribution in [-0.2, 0) is 0 Å². The van der Waals surface area contributed by atoms with E-state index in [4.69, 9.17) is 11.6 Å². The number of alkyl halides is 1. The number of aliphatic hydroxyl groups excluding tert-OH is 2. The number of benzene rings is 1. The van der Waals surface area contributed by atoms with Crippen molar-refractivity contribution in [1.82, 2.24) is 0 Å². The molecule has 1 aromatic rings. The van der Waals surface area contributed by atoms with Crippen LogP contribution in [0.2, 0.25) is 0 Å². The molecule has 0 aliphatic heterocycles. The molecule has 4 heteroatoms. The highest BCUT2D eigenvalue weighted by Gasteiger charge is 2.16. The summed E-state index contributed by atoms with van der Waals surface area (Å²) >= 11 is 8.69. The smallest absolute Gasteiger partial charge is 0.106 e. The average Bonchev–Trinajstić information content (AvgIpc) is 2.17. The summed E-state index contributed by atoms with van der Waals surface area (Å²) in [5.41, 5.74) is 0.663. The summed E-state index contributed by atoms with van der Waals surface area (Å²) in [6.45, 7) is 0. The van der Waals surface area contributed by atoms with E-state index in [1.807, 2.05) is 0 Å². The van der Waals surface area contributed by atoms with E-state index in [2.05, 4.69) is 15.9 Å². The summed E-state index contributed by atoms with van der Waals surface area (Å²) in [7, 11) is 0. The summed E-state index contributed by atoms with van der Waals surface area (Å²) in [6, 6.07) is 7.09. The molecule has 0 amide bonds. The fraction of sp³-hybridized carbons (Fsp3) is 0.333. The minimum absolute atomic E-state index is 0.0250. The highest BCUT2D eigenvalue weighted by molar-refractivity contribution is 9.10. The molecule has 1 rings (SSSR count). The highest BCUT2D eigenvalue weighted by atomic mass is 79.9. The van der Waals surface area contributed by atoms with Crippen molar-refractivity contribution in [3.8, 4) is 0 Å². The number of hydrogen-bond donors (Lipinski definition) is 2. The Hall–Kier alpha value is -0.0900. The Bertz CT molecular complexity index is 263. The van der Waals surface area contributed by atoms with Crippen LogP contribution >= 0.6 is 27.5 Å². The van der Waals surface area contributed by atoms with Gasteiger partial charge in [-0.1, -0.05) is 28.1 Å². The maximum absolute atomic E-state index is 9.53. The van der Waals surface area contributed by atoms with E-state index in [1.165, 1.54) is 0 Å². The molecule has 0 bridgehead atoms. The van der Waals surface area contributed by atoms with Crippen molar-refractivity contribution in [1.29, 1.82) is 0 Å². The molecule has 0 spiro atoms. The minimum atomic E-state index is -0.914. The molecule has 2 N–H and O–H groups in total. The lowest BCUT2D eigenvalue weighted by atomic mass is 10.1. The third-order valence-corrected chi connectivity index (χ3v) is 2.58. The van der Waals surface area contributed by atoms with E-state index in [1.54, 1.807) is 24.3 Å². The molecule has 2 atom stereocenters. The zero-order chi connectivity index (χ0) is 9.84. The van der Waals surface area contributed by atoms with E-state index in [9.17, 15) is 10.2 Å². The summed E-state index contributed by atoms with van der Waals surface area (Å²) < 4.78 is 0.934. The number of aliphatic hydroxyl groups is 2. The zero-order valence-corrected chi connectivity index (χ0v) is 9.16. The lowest BCUT2D eigenvalue weighted by Gasteiger charge is -2.15. The Balaban J connectivity index is 2.77. The fourth-order valence-corrected chi connectivity index (χ4v) is 1.40. The zero-order valence-electron chi connectivity index (χ0n) is 6.82. The van der Waals surface area contributed by atoms with Gasteiger partial charge in [0.25, 0.3) is 0 Å². The minimum Gasteiger partial charge on any atom is -0.389 e. The molecule has 0 heterocycles. The van der Waals surface area contributed by atoms with Crippen molar-refractivity contribution in [3.05, 3.63) is 34.3 Å². The van der Waals surface area contributed by atoms with Crippen molar-refractivity contribution in [2.24, 2.45) is 0 Å². The molecule has 72 valence electrons. The van der Waals surface area contributed by atoms with Crippen LogP contribution in [0.5, 0.6) is 0 Å². The van der Waals surface area contributed by atoms with E-state index in [-0.39, 0.29) is 5.88 Å². The van der Waals surface area contributed by atoms with E-state index < -0.39 is 12.2 Å². The lowest BCUT2D eigenvalue weighted by molar-refractivity contribution is 0.0327. The van der Waals surface area contributed by atoms with Crippen LogP contribution in [0.1, 0.15) is 11.7 Å². The van der Waals surface area contributed by atoms with Gasteiger partial charge in [-0.15, -0.1) is 11.6 Å². The van der Waals surface area contributed by atoms with Crippen LogP contribution in [0, 0.1) is 0 Å². The SMILES string of the molecule is OC(CCl)C(O)c1ccc(Br)cc1. The van der Waals surface area contributed by atoms with Gasteiger partial charge in [0.1, 0.15) is 6.10 Å². The van der Waals surface area contributed by atoms with Crippen LogP contribution in [0.15, 0.2) is 28.7 Å². The van der Waals surface area contributed by atoms with Crippen molar-refractivity contribution in [2.75, 3.05) is 5.88 Å². The maximum atomic E-state index is 9.53. The van der Waals surface area contributed by atoms with Gasteiger partial charge in [0.2, 0.25) is 0 Å². The first-order valence-corrected chi connectivity index (χ1v) is 5.15. The molecule has 0 radical (unpaired) electrons. The van der Waals surface area contributed by atoms with Crippen molar-refractivity contribution in [2.45, 2.75) is 12.2 Å². The molecule has 0 saturated carbocycles. The normalized spacial score (nSPS) is 15.4. The number of hydrogen-bond acceptors (Lipinski definition) is 2. The molecule has 0 saturated heterocycles. The van der Waals surface area contributed by atoms with E-state index in [0.717, 1.165) is 4.47 Å². The summed E-state index contributed by atoms with van der Waals surface area (Å²) in [6.07, 6.45) is -1.83. The molecular weight excluding hydrogens is 255 g/mol. The lowest BCUT2D eigenvalue weighted by Crippen LogP contribution is -2.19. The van der Waals surface area contributed by atoms with Gasteiger partial charge in [0, 0.05) is 4.47 Å². The summed E-state index contributed by atoms with van der Waals surface area (Å²) in [4.78, 5) is 0. The molecule has 1 aromatic carbocycles. The topological polar surface area (TPSA) is 40.5 Å². The first-order valence-electron chi connectivity index (χ1n) is 3.82. The second-order valence-electron chi connectivity index (χ2n) is 2.72. The highest BCUT2D eigenvalue weighted by Crippen LogP contribution is 2.19. The van der Waals surface area contributed by atoms with Gasteiger partial charge in [-0.25, -0.2) is 0 Å². The predicted octanol–water partition coefficient (Wildman–Crippen LogP) is 2.08. The van der Waals surface area contributed by atoms with Gasteiger partial charge >= 0.3 is 0 Å². The van der Waals surface area contributed by atoms with Crippen LogP contribution < -0.4 is 0 Å². The molecule has 0 fully saturated rings. The Morgan fingerprint density at radius 3 is 2.23 bits per heavy atom. The molecule has 0 aliphatic rings. The van der Waals surface area contributed by atoms with Crippen LogP contribution in [0.25, 0.3) is 0 Å². The average molecular weight is 266 g/mol. The standard InChI is InChI=1S/C9H10BrClO2/c10-7-3-1-6(2-4-7)9(13)8(12)5-11/h1-4,8-9,12-13H,5H2. The van der Waals surface area contributed by atoms with Crippen molar-refractivity contribution in [3.63, 3.8) is 0 Å². The van der Waals surface area contributed by atoms with E-state index in [0.29, 0.717) is 5.56 Å². The van der Waals surface area contributed by atoms with Gasteiger partial charge in [0.15, 0.2) is 0 Å². The van der Waals surface area contributed by atoms with Crippen molar-refractivity contribution >= 4 is 27.5 Å².